The van der Waals surface area contributed by atoms with E-state index in [9.17, 15) is 0 Å². The number of rotatable bonds is 6. The summed E-state index contributed by atoms with van der Waals surface area (Å²) in [5.74, 6) is 0.421. The zero-order valence-corrected chi connectivity index (χ0v) is 12.6. The lowest BCUT2D eigenvalue weighted by Crippen LogP contribution is -2.31. The summed E-state index contributed by atoms with van der Waals surface area (Å²) >= 11 is 0. The molecule has 2 nitrogen and oxygen atoms in total. The topological polar surface area (TPSA) is 24.9 Å². The van der Waals surface area contributed by atoms with E-state index in [2.05, 4.69) is 60.5 Å². The second kappa shape index (κ2) is 7.20. The molecular formula is C18H24N2. The van der Waals surface area contributed by atoms with Crippen LogP contribution >= 0.6 is 0 Å². The molecule has 0 bridgehead atoms. The Morgan fingerprint density at radius 3 is 2.50 bits per heavy atom. The molecule has 0 aliphatic heterocycles. The quantitative estimate of drug-likeness (QED) is 0.864. The molecule has 106 valence electrons. The molecule has 0 fully saturated rings. The van der Waals surface area contributed by atoms with Crippen LogP contribution in [0.1, 0.15) is 36.1 Å². The minimum Gasteiger partial charge on any atom is -0.316 e. The van der Waals surface area contributed by atoms with Crippen LogP contribution in [0.25, 0.3) is 0 Å². The molecule has 20 heavy (non-hydrogen) atoms. The first-order valence-corrected chi connectivity index (χ1v) is 7.35. The van der Waals surface area contributed by atoms with Crippen molar-refractivity contribution in [2.45, 2.75) is 38.6 Å². The average Bonchev–Trinajstić information content (AvgIpc) is 2.50. The fourth-order valence-electron chi connectivity index (χ4n) is 2.70. The van der Waals surface area contributed by atoms with Crippen LogP contribution in [0.15, 0.2) is 48.7 Å². The molecule has 0 aliphatic rings. The molecule has 1 N–H and O–H groups in total. The summed E-state index contributed by atoms with van der Waals surface area (Å²) in [5.41, 5.74) is 3.99. The Labute approximate surface area is 122 Å². The second-order valence-corrected chi connectivity index (χ2v) is 5.40. The number of aromatic nitrogens is 1. The summed E-state index contributed by atoms with van der Waals surface area (Å²) in [4.78, 5) is 4.48. The van der Waals surface area contributed by atoms with Gasteiger partial charge in [0.25, 0.3) is 0 Å². The Morgan fingerprint density at radius 2 is 1.85 bits per heavy atom. The molecule has 0 spiro atoms. The van der Waals surface area contributed by atoms with Crippen LogP contribution in [0, 0.1) is 6.92 Å². The van der Waals surface area contributed by atoms with Gasteiger partial charge < -0.3 is 5.32 Å². The molecule has 1 heterocycles. The highest BCUT2D eigenvalue weighted by molar-refractivity contribution is 5.25. The van der Waals surface area contributed by atoms with Crippen LogP contribution in [0.5, 0.6) is 0 Å². The number of benzene rings is 1. The van der Waals surface area contributed by atoms with Gasteiger partial charge in [0.1, 0.15) is 0 Å². The number of pyridine rings is 1. The standard InChI is InChI=1S/C18H24N2/c1-14-8-4-5-9-16(14)11-12-17(19-3)15(2)18-10-6-7-13-20-18/h4-10,13,15,17,19H,11-12H2,1-3H3. The molecule has 1 aromatic carbocycles. The van der Waals surface area contributed by atoms with Crippen molar-refractivity contribution in [2.75, 3.05) is 7.05 Å². The fraction of sp³-hybridized carbons (Fsp3) is 0.389. The van der Waals surface area contributed by atoms with E-state index in [0.717, 1.165) is 18.5 Å². The largest absolute Gasteiger partial charge is 0.316 e. The molecule has 2 aromatic rings. The maximum absolute atomic E-state index is 4.48. The van der Waals surface area contributed by atoms with Crippen LogP contribution in [-0.2, 0) is 6.42 Å². The first-order chi connectivity index (χ1) is 9.72. The third-order valence-electron chi connectivity index (χ3n) is 4.11. The van der Waals surface area contributed by atoms with Gasteiger partial charge >= 0.3 is 0 Å². The minimum atomic E-state index is 0.421. The van der Waals surface area contributed by atoms with E-state index in [1.54, 1.807) is 0 Å². The van der Waals surface area contributed by atoms with Crippen molar-refractivity contribution in [3.8, 4) is 0 Å². The zero-order valence-electron chi connectivity index (χ0n) is 12.6. The normalized spacial score (nSPS) is 13.9. The van der Waals surface area contributed by atoms with Gasteiger partial charge in [0.15, 0.2) is 0 Å². The third kappa shape index (κ3) is 3.67. The van der Waals surface area contributed by atoms with Crippen molar-refractivity contribution < 1.29 is 0 Å². The predicted molar refractivity (Wildman–Crippen MR) is 85.0 cm³/mol. The Balaban J connectivity index is 2.01. The maximum Gasteiger partial charge on any atom is 0.0447 e. The molecule has 1 aromatic heterocycles. The van der Waals surface area contributed by atoms with Crippen LogP contribution in [0.4, 0.5) is 0 Å². The number of aryl methyl sites for hydroxylation is 2. The monoisotopic (exact) mass is 268 g/mol. The lowest BCUT2D eigenvalue weighted by molar-refractivity contribution is 0.449. The summed E-state index contributed by atoms with van der Waals surface area (Å²) < 4.78 is 0. The fourth-order valence-corrected chi connectivity index (χ4v) is 2.70. The molecule has 2 heteroatoms. The minimum absolute atomic E-state index is 0.421. The molecule has 2 unspecified atom stereocenters. The number of likely N-dealkylation sites (N-methyl/N-ethyl adjacent to an activating group) is 1. The van der Waals surface area contributed by atoms with Gasteiger partial charge in [0.2, 0.25) is 0 Å². The molecular weight excluding hydrogens is 244 g/mol. The van der Waals surface area contributed by atoms with E-state index in [0.29, 0.717) is 12.0 Å². The second-order valence-electron chi connectivity index (χ2n) is 5.40. The summed E-state index contributed by atoms with van der Waals surface area (Å²) in [5, 5.41) is 3.45. The van der Waals surface area contributed by atoms with Gasteiger partial charge in [-0.2, -0.15) is 0 Å². The summed E-state index contributed by atoms with van der Waals surface area (Å²) in [7, 11) is 2.04. The van der Waals surface area contributed by atoms with Gasteiger partial charge in [0, 0.05) is 23.9 Å². The van der Waals surface area contributed by atoms with Crippen molar-refractivity contribution in [1.82, 2.24) is 10.3 Å². The van der Waals surface area contributed by atoms with Crippen LogP contribution in [0.2, 0.25) is 0 Å². The zero-order chi connectivity index (χ0) is 14.4. The molecule has 0 saturated heterocycles. The summed E-state index contributed by atoms with van der Waals surface area (Å²) in [6.45, 7) is 4.44. The Morgan fingerprint density at radius 1 is 1.10 bits per heavy atom. The third-order valence-corrected chi connectivity index (χ3v) is 4.11. The van der Waals surface area contributed by atoms with Gasteiger partial charge in [0.05, 0.1) is 0 Å². The molecule has 0 amide bonds. The van der Waals surface area contributed by atoms with Crippen molar-refractivity contribution in [1.29, 1.82) is 0 Å². The highest BCUT2D eigenvalue weighted by atomic mass is 14.9. The van der Waals surface area contributed by atoms with Crippen LogP contribution < -0.4 is 5.32 Å². The van der Waals surface area contributed by atoms with E-state index >= 15 is 0 Å². The van der Waals surface area contributed by atoms with Gasteiger partial charge in [-0.3, -0.25) is 4.98 Å². The summed E-state index contributed by atoms with van der Waals surface area (Å²) in [6.07, 6.45) is 4.11. The SMILES string of the molecule is CNC(CCc1ccccc1C)C(C)c1ccccn1. The highest BCUT2D eigenvalue weighted by Gasteiger charge is 2.18. The van der Waals surface area contributed by atoms with E-state index in [1.807, 2.05) is 19.3 Å². The van der Waals surface area contributed by atoms with E-state index in [1.165, 1.54) is 11.1 Å². The van der Waals surface area contributed by atoms with Gasteiger partial charge in [-0.05, 0) is 50.1 Å². The Kier molecular flexibility index (Phi) is 5.31. The molecule has 2 rings (SSSR count). The van der Waals surface area contributed by atoms with Crippen molar-refractivity contribution in [3.63, 3.8) is 0 Å². The molecule has 0 radical (unpaired) electrons. The number of nitrogens with one attached hydrogen (secondary N) is 1. The lowest BCUT2D eigenvalue weighted by Gasteiger charge is -2.23. The number of hydrogen-bond donors (Lipinski definition) is 1. The van der Waals surface area contributed by atoms with E-state index < -0.39 is 0 Å². The first-order valence-electron chi connectivity index (χ1n) is 7.35. The first kappa shape index (κ1) is 14.7. The number of nitrogens with zero attached hydrogens (tertiary/aromatic N) is 1. The smallest absolute Gasteiger partial charge is 0.0447 e. The Hall–Kier alpha value is -1.67. The maximum atomic E-state index is 4.48. The van der Waals surface area contributed by atoms with Gasteiger partial charge in [-0.1, -0.05) is 37.3 Å². The van der Waals surface area contributed by atoms with Crippen LogP contribution in [-0.4, -0.2) is 18.1 Å². The molecule has 0 aliphatic carbocycles. The van der Waals surface area contributed by atoms with E-state index in [4.69, 9.17) is 0 Å². The van der Waals surface area contributed by atoms with Crippen LogP contribution in [0.3, 0.4) is 0 Å². The van der Waals surface area contributed by atoms with Crippen molar-refractivity contribution >= 4 is 0 Å². The van der Waals surface area contributed by atoms with Gasteiger partial charge in [-0.15, -0.1) is 0 Å². The Bertz CT molecular complexity index is 522. The summed E-state index contributed by atoms with van der Waals surface area (Å²) in [6, 6.07) is 15.2. The number of hydrogen-bond acceptors (Lipinski definition) is 2. The highest BCUT2D eigenvalue weighted by Crippen LogP contribution is 2.21. The lowest BCUT2D eigenvalue weighted by atomic mass is 9.91. The van der Waals surface area contributed by atoms with Crippen molar-refractivity contribution in [2.24, 2.45) is 0 Å². The average molecular weight is 268 g/mol. The molecule has 2 atom stereocenters. The predicted octanol–water partition coefficient (Wildman–Crippen LogP) is 3.71. The van der Waals surface area contributed by atoms with Crippen molar-refractivity contribution in [3.05, 3.63) is 65.5 Å². The molecule has 0 saturated carbocycles. The van der Waals surface area contributed by atoms with Gasteiger partial charge in [-0.25, -0.2) is 0 Å². The van der Waals surface area contributed by atoms with E-state index in [-0.39, 0.29) is 0 Å².